The summed E-state index contributed by atoms with van der Waals surface area (Å²) in [6.07, 6.45) is 0.676. The van der Waals surface area contributed by atoms with Gasteiger partial charge in [-0.2, -0.15) is 0 Å². The molecule has 2 unspecified atom stereocenters. The van der Waals surface area contributed by atoms with Crippen molar-refractivity contribution in [3.05, 3.63) is 0 Å². The Kier molecular flexibility index (Phi) is 8.37. The zero-order valence-electron chi connectivity index (χ0n) is 12.1. The number of ether oxygens (including phenoxy) is 2. The van der Waals surface area contributed by atoms with E-state index in [-0.39, 0.29) is 24.4 Å². The molecule has 0 aromatic heterocycles. The van der Waals surface area contributed by atoms with Crippen LogP contribution in [0, 0.1) is 5.92 Å². The predicted octanol–water partition coefficient (Wildman–Crippen LogP) is 1.46. The summed E-state index contributed by atoms with van der Waals surface area (Å²) in [6, 6.07) is 0.203. The molecule has 0 heterocycles. The minimum atomic E-state index is -0.429. The van der Waals surface area contributed by atoms with Gasteiger partial charge in [0.2, 0.25) is 0 Å². The van der Waals surface area contributed by atoms with Crippen molar-refractivity contribution in [3.8, 4) is 0 Å². The van der Waals surface area contributed by atoms with Crippen LogP contribution in [0.2, 0.25) is 0 Å². The van der Waals surface area contributed by atoms with E-state index in [4.69, 9.17) is 9.47 Å². The smallest absolute Gasteiger partial charge is 0.309 e. The van der Waals surface area contributed by atoms with E-state index in [9.17, 15) is 9.59 Å². The van der Waals surface area contributed by atoms with Crippen LogP contribution in [-0.4, -0.2) is 50.2 Å². The summed E-state index contributed by atoms with van der Waals surface area (Å²) in [5.41, 5.74) is 0. The van der Waals surface area contributed by atoms with Crippen molar-refractivity contribution in [2.24, 2.45) is 5.92 Å². The van der Waals surface area contributed by atoms with Gasteiger partial charge in [-0.1, -0.05) is 0 Å². The molecule has 0 radical (unpaired) electrons. The molecule has 0 bridgehead atoms. The number of carbonyl (C=O) groups is 2. The second-order valence-electron chi connectivity index (χ2n) is 4.51. The van der Waals surface area contributed by atoms with E-state index in [0.717, 1.165) is 0 Å². The molecule has 0 aliphatic carbocycles. The largest absolute Gasteiger partial charge is 0.466 e. The van der Waals surface area contributed by atoms with Crippen LogP contribution in [0.25, 0.3) is 0 Å². The molecule has 0 saturated carbocycles. The molecular weight excluding hydrogens is 234 g/mol. The molecule has 0 aromatic rings. The molecular formula is C13H25NO4. The van der Waals surface area contributed by atoms with Gasteiger partial charge in [0.1, 0.15) is 0 Å². The lowest BCUT2D eigenvalue weighted by molar-refractivity contribution is -0.155. The van der Waals surface area contributed by atoms with Crippen molar-refractivity contribution in [2.45, 2.75) is 39.7 Å². The summed E-state index contributed by atoms with van der Waals surface area (Å²) in [6.45, 7) is 6.18. The number of nitrogens with zero attached hydrogens (tertiary/aromatic N) is 1. The fourth-order valence-corrected chi connectivity index (χ4v) is 1.57. The first-order valence-corrected chi connectivity index (χ1v) is 6.41. The first-order chi connectivity index (χ1) is 8.42. The Labute approximate surface area is 109 Å². The average molecular weight is 259 g/mol. The van der Waals surface area contributed by atoms with E-state index in [2.05, 4.69) is 0 Å². The Morgan fingerprint density at radius 1 is 1.11 bits per heavy atom. The van der Waals surface area contributed by atoms with Crippen LogP contribution in [0.3, 0.4) is 0 Å². The zero-order valence-corrected chi connectivity index (χ0v) is 12.1. The van der Waals surface area contributed by atoms with Crippen LogP contribution >= 0.6 is 0 Å². The highest BCUT2D eigenvalue weighted by Crippen LogP contribution is 2.16. The van der Waals surface area contributed by atoms with Crippen molar-refractivity contribution >= 4 is 11.9 Å². The molecule has 5 heteroatoms. The van der Waals surface area contributed by atoms with Gasteiger partial charge in [0.15, 0.2) is 0 Å². The molecule has 5 nitrogen and oxygen atoms in total. The van der Waals surface area contributed by atoms with Crippen molar-refractivity contribution in [2.75, 3.05) is 27.3 Å². The van der Waals surface area contributed by atoms with Gasteiger partial charge in [-0.05, 0) is 41.3 Å². The monoisotopic (exact) mass is 259 g/mol. The Bertz CT molecular complexity index is 266. The van der Waals surface area contributed by atoms with Crippen LogP contribution in [0.1, 0.15) is 33.6 Å². The van der Waals surface area contributed by atoms with E-state index in [1.807, 2.05) is 25.9 Å². The second-order valence-corrected chi connectivity index (χ2v) is 4.51. The summed E-state index contributed by atoms with van der Waals surface area (Å²) < 4.78 is 9.88. The van der Waals surface area contributed by atoms with Crippen molar-refractivity contribution in [1.29, 1.82) is 0 Å². The standard InChI is InChI=1S/C13H25NO4/c1-6-17-12(15)9-11(13(16)18-7-2)8-10(3)14(4)5/h10-11H,6-9H2,1-5H3. The van der Waals surface area contributed by atoms with Gasteiger partial charge in [0, 0.05) is 6.04 Å². The summed E-state index contributed by atoms with van der Waals surface area (Å²) >= 11 is 0. The summed E-state index contributed by atoms with van der Waals surface area (Å²) in [4.78, 5) is 25.3. The molecule has 18 heavy (non-hydrogen) atoms. The number of esters is 2. The number of hydrogen-bond acceptors (Lipinski definition) is 5. The van der Waals surface area contributed by atoms with Crippen LogP contribution in [0.5, 0.6) is 0 Å². The maximum Gasteiger partial charge on any atom is 0.309 e. The molecule has 0 aromatic carbocycles. The number of carbonyl (C=O) groups excluding carboxylic acids is 2. The van der Waals surface area contributed by atoms with Crippen molar-refractivity contribution < 1.29 is 19.1 Å². The third-order valence-electron chi connectivity index (χ3n) is 2.85. The minimum Gasteiger partial charge on any atom is -0.466 e. The molecule has 0 fully saturated rings. The summed E-state index contributed by atoms with van der Waals surface area (Å²) in [5.74, 6) is -1.10. The Balaban J connectivity index is 4.51. The lowest BCUT2D eigenvalue weighted by Crippen LogP contribution is -2.32. The maximum absolute atomic E-state index is 11.8. The van der Waals surface area contributed by atoms with E-state index in [0.29, 0.717) is 19.6 Å². The normalized spacial score (nSPS) is 14.1. The fraction of sp³-hybridized carbons (Fsp3) is 0.846. The third kappa shape index (κ3) is 6.59. The third-order valence-corrected chi connectivity index (χ3v) is 2.85. The van der Waals surface area contributed by atoms with Crippen LogP contribution in [0.4, 0.5) is 0 Å². The van der Waals surface area contributed by atoms with Crippen molar-refractivity contribution in [1.82, 2.24) is 4.90 Å². The van der Waals surface area contributed by atoms with E-state index >= 15 is 0 Å². The van der Waals surface area contributed by atoms with Crippen molar-refractivity contribution in [3.63, 3.8) is 0 Å². The Morgan fingerprint density at radius 2 is 1.67 bits per heavy atom. The Morgan fingerprint density at radius 3 is 2.11 bits per heavy atom. The molecule has 0 N–H and O–H groups in total. The zero-order chi connectivity index (χ0) is 14.1. The van der Waals surface area contributed by atoms with Gasteiger partial charge in [-0.3, -0.25) is 9.59 Å². The van der Waals surface area contributed by atoms with Gasteiger partial charge in [0.25, 0.3) is 0 Å². The number of rotatable bonds is 8. The van der Waals surface area contributed by atoms with E-state index < -0.39 is 5.92 Å². The van der Waals surface area contributed by atoms with Gasteiger partial charge in [0.05, 0.1) is 25.6 Å². The highest BCUT2D eigenvalue weighted by molar-refractivity contribution is 5.80. The second kappa shape index (κ2) is 8.91. The molecule has 2 atom stereocenters. The minimum absolute atomic E-state index is 0.0881. The van der Waals surface area contributed by atoms with Gasteiger partial charge in [-0.25, -0.2) is 0 Å². The van der Waals surface area contributed by atoms with Gasteiger partial charge in [-0.15, -0.1) is 0 Å². The molecule has 0 spiro atoms. The van der Waals surface area contributed by atoms with E-state index in [1.54, 1.807) is 13.8 Å². The van der Waals surface area contributed by atoms with Gasteiger partial charge < -0.3 is 14.4 Å². The lowest BCUT2D eigenvalue weighted by atomic mass is 9.97. The van der Waals surface area contributed by atoms with Crippen LogP contribution in [-0.2, 0) is 19.1 Å². The maximum atomic E-state index is 11.8. The van der Waals surface area contributed by atoms with Crippen LogP contribution in [0.15, 0.2) is 0 Å². The number of hydrogen-bond donors (Lipinski definition) is 0. The van der Waals surface area contributed by atoms with E-state index in [1.165, 1.54) is 0 Å². The average Bonchev–Trinajstić information content (AvgIpc) is 2.28. The summed E-state index contributed by atoms with van der Waals surface area (Å²) in [5, 5.41) is 0. The molecule has 0 saturated heterocycles. The highest BCUT2D eigenvalue weighted by atomic mass is 16.5. The first-order valence-electron chi connectivity index (χ1n) is 6.41. The predicted molar refractivity (Wildman–Crippen MR) is 69.1 cm³/mol. The highest BCUT2D eigenvalue weighted by Gasteiger charge is 2.26. The quantitative estimate of drug-likeness (QED) is 0.618. The molecule has 0 aliphatic rings. The lowest BCUT2D eigenvalue weighted by Gasteiger charge is -2.24. The SMILES string of the molecule is CCOC(=O)CC(CC(C)N(C)C)C(=O)OCC. The topological polar surface area (TPSA) is 55.8 Å². The molecule has 0 amide bonds. The summed E-state index contributed by atoms with van der Waals surface area (Å²) in [7, 11) is 3.88. The molecule has 106 valence electrons. The van der Waals surface area contributed by atoms with Gasteiger partial charge >= 0.3 is 11.9 Å². The molecule has 0 aliphatic heterocycles. The first kappa shape index (κ1) is 16.9. The Hall–Kier alpha value is -1.10. The fourth-order valence-electron chi connectivity index (χ4n) is 1.57. The van der Waals surface area contributed by atoms with Crippen LogP contribution < -0.4 is 0 Å². The molecule has 0 rings (SSSR count).